The van der Waals surface area contributed by atoms with E-state index in [1.165, 1.54) is 45.8 Å². The molecule has 0 N–H and O–H groups in total. The van der Waals surface area contributed by atoms with E-state index in [0.717, 1.165) is 49.5 Å². The third-order valence-corrected chi connectivity index (χ3v) is 14.0. The average Bonchev–Trinajstić information content (AvgIpc) is 3.80. The van der Waals surface area contributed by atoms with Gasteiger partial charge in [0.25, 0.3) is 0 Å². The van der Waals surface area contributed by atoms with Gasteiger partial charge in [0, 0.05) is 63.8 Å². The molecular formula is C42H52N4O10S2. The van der Waals surface area contributed by atoms with Gasteiger partial charge in [-0.25, -0.2) is 25.4 Å². The fourth-order valence-electron chi connectivity index (χ4n) is 8.01. The standard InChI is InChI=1S/C21H28N2O5S.C21H24N2O5S/c2*1-29(25,26)23-8-6-16(7-9-23)14-28-21-15-27-19(10-20(21)24)13-22-11-17-4-2-3-5-18(17)12-22/h2-5,10,15-18H,6-9,11-14H2,1H3;2-5,10-12,15-16H,6-9,13-14H2,1H3. The molecule has 0 amide bonds. The minimum absolute atomic E-state index is 0.170. The largest absolute Gasteiger partial charge is 0.486 e. The zero-order valence-corrected chi connectivity index (χ0v) is 34.6. The minimum Gasteiger partial charge on any atom is -0.486 e. The second-order valence-corrected chi connectivity index (χ2v) is 19.8. The molecule has 2 unspecified atom stereocenters. The maximum absolute atomic E-state index is 12.4. The SMILES string of the molecule is CS(=O)(=O)N1CCC(COc2coc(CN3CC4C=CC=CC4C3)cc2=O)CC1.CS(=O)(=O)N1CCC(COc2coc(Cn3cc4ccccc4c3)cc2=O)CC1. The monoisotopic (exact) mass is 836 g/mol. The number of sulfonamides is 2. The van der Waals surface area contributed by atoms with Crippen LogP contribution in [0.4, 0.5) is 0 Å². The van der Waals surface area contributed by atoms with E-state index in [9.17, 15) is 26.4 Å². The number of aromatic nitrogens is 1. The molecule has 3 saturated heterocycles. The first-order valence-electron chi connectivity index (χ1n) is 19.8. The van der Waals surface area contributed by atoms with E-state index < -0.39 is 20.0 Å². The quantitative estimate of drug-likeness (QED) is 0.197. The Kier molecular flexibility index (Phi) is 13.1. The van der Waals surface area contributed by atoms with Crippen molar-refractivity contribution in [2.45, 2.75) is 38.8 Å². The maximum atomic E-state index is 12.4. The topological polar surface area (TPSA) is 162 Å². The normalized spacial score (nSPS) is 21.1. The van der Waals surface area contributed by atoms with Crippen molar-refractivity contribution in [1.82, 2.24) is 18.1 Å². The van der Waals surface area contributed by atoms with Gasteiger partial charge in [-0.1, -0.05) is 48.6 Å². The van der Waals surface area contributed by atoms with Crippen molar-refractivity contribution >= 4 is 30.8 Å². The van der Waals surface area contributed by atoms with Gasteiger partial charge in [0.15, 0.2) is 0 Å². The van der Waals surface area contributed by atoms with Crippen LogP contribution >= 0.6 is 0 Å². The van der Waals surface area contributed by atoms with Gasteiger partial charge in [-0.15, -0.1) is 0 Å². The van der Waals surface area contributed by atoms with Gasteiger partial charge >= 0.3 is 0 Å². The second kappa shape index (κ2) is 18.2. The number of benzene rings is 1. The summed E-state index contributed by atoms with van der Waals surface area (Å²) in [6.45, 7) is 5.80. The predicted octanol–water partition coefficient (Wildman–Crippen LogP) is 4.56. The molecule has 2 atom stereocenters. The van der Waals surface area contributed by atoms with Crippen LogP contribution in [-0.2, 0) is 33.1 Å². The van der Waals surface area contributed by atoms with Gasteiger partial charge in [-0.2, -0.15) is 0 Å². The third kappa shape index (κ3) is 11.0. The molecule has 0 bridgehead atoms. The Morgan fingerprint density at radius 3 is 1.50 bits per heavy atom. The molecule has 3 aromatic heterocycles. The first-order valence-corrected chi connectivity index (χ1v) is 23.5. The van der Waals surface area contributed by atoms with Crippen LogP contribution in [0.2, 0.25) is 0 Å². The van der Waals surface area contributed by atoms with Crippen LogP contribution in [0.15, 0.2) is 104 Å². The van der Waals surface area contributed by atoms with Crippen LogP contribution < -0.4 is 20.3 Å². The lowest BCUT2D eigenvalue weighted by atomic mass is 9.92. The van der Waals surface area contributed by atoms with E-state index in [-0.39, 0.29) is 34.2 Å². The van der Waals surface area contributed by atoms with Crippen molar-refractivity contribution in [2.24, 2.45) is 23.7 Å². The summed E-state index contributed by atoms with van der Waals surface area (Å²) in [5.41, 5.74) is -0.382. The van der Waals surface area contributed by atoms with Crippen molar-refractivity contribution in [3.63, 3.8) is 0 Å². The Morgan fingerprint density at radius 2 is 1.09 bits per heavy atom. The minimum atomic E-state index is -3.14. The lowest BCUT2D eigenvalue weighted by molar-refractivity contribution is 0.181. The molecule has 3 aliphatic heterocycles. The van der Waals surface area contributed by atoms with Crippen LogP contribution in [0.25, 0.3) is 10.8 Å². The van der Waals surface area contributed by atoms with Crippen molar-refractivity contribution in [2.75, 3.05) is 65.0 Å². The molecule has 4 aliphatic rings. The van der Waals surface area contributed by atoms with E-state index in [2.05, 4.69) is 29.2 Å². The van der Waals surface area contributed by atoms with Crippen molar-refractivity contribution in [1.29, 1.82) is 0 Å². The summed E-state index contributed by atoms with van der Waals surface area (Å²) in [5, 5.41) is 2.27. The van der Waals surface area contributed by atoms with Gasteiger partial charge < -0.3 is 22.9 Å². The Labute approximate surface area is 339 Å². The number of hydrogen-bond donors (Lipinski definition) is 0. The fourth-order valence-corrected chi connectivity index (χ4v) is 9.76. The number of rotatable bonds is 12. The number of likely N-dealkylation sites (tertiary alicyclic amines) is 1. The molecular weight excluding hydrogens is 785 g/mol. The number of fused-ring (bicyclic) bond motifs is 2. The molecule has 3 fully saturated rings. The predicted molar refractivity (Wildman–Crippen MR) is 221 cm³/mol. The van der Waals surface area contributed by atoms with Gasteiger partial charge in [0.05, 0.1) is 38.8 Å². The maximum Gasteiger partial charge on any atom is 0.227 e. The van der Waals surface area contributed by atoms with Crippen molar-refractivity contribution in [3.05, 3.63) is 118 Å². The Bertz CT molecular complexity index is 2390. The van der Waals surface area contributed by atoms with E-state index in [1.807, 2.05) is 41.2 Å². The molecule has 8 rings (SSSR count). The summed E-state index contributed by atoms with van der Waals surface area (Å²) in [6, 6.07) is 11.0. The molecule has 4 aromatic rings. The average molecular weight is 837 g/mol. The van der Waals surface area contributed by atoms with Crippen LogP contribution in [0.3, 0.4) is 0 Å². The third-order valence-electron chi connectivity index (χ3n) is 11.4. The Hall–Kier alpha value is -4.48. The summed E-state index contributed by atoms with van der Waals surface area (Å²) in [6.07, 6.45) is 20.9. The number of ether oxygens (including phenoxy) is 2. The summed E-state index contributed by atoms with van der Waals surface area (Å²) >= 11 is 0. The lowest BCUT2D eigenvalue weighted by Crippen LogP contribution is -2.39. The molecule has 0 radical (unpaired) electrons. The van der Waals surface area contributed by atoms with Gasteiger partial charge in [-0.3, -0.25) is 14.5 Å². The molecule has 1 aliphatic carbocycles. The zero-order chi connectivity index (χ0) is 40.9. The highest BCUT2D eigenvalue weighted by Gasteiger charge is 2.31. The summed E-state index contributed by atoms with van der Waals surface area (Å²) in [5.74, 6) is 3.17. The number of allylic oxidation sites excluding steroid dienone is 2. The van der Waals surface area contributed by atoms with Gasteiger partial charge in [0.2, 0.25) is 42.4 Å². The van der Waals surface area contributed by atoms with Crippen molar-refractivity contribution in [3.8, 4) is 11.5 Å². The van der Waals surface area contributed by atoms with E-state index >= 15 is 0 Å². The van der Waals surface area contributed by atoms with E-state index in [1.54, 1.807) is 0 Å². The smallest absolute Gasteiger partial charge is 0.227 e. The first kappa shape index (κ1) is 41.7. The van der Waals surface area contributed by atoms with Crippen LogP contribution in [-0.4, -0.2) is 99.9 Å². The highest BCUT2D eigenvalue weighted by atomic mass is 32.2. The molecule has 16 heteroatoms. The Morgan fingerprint density at radius 1 is 0.655 bits per heavy atom. The number of nitrogens with zero attached hydrogens (tertiary/aromatic N) is 4. The van der Waals surface area contributed by atoms with Crippen LogP contribution in [0.5, 0.6) is 11.5 Å². The molecule has 0 saturated carbocycles. The molecule has 14 nitrogen and oxygen atoms in total. The number of hydrogen-bond acceptors (Lipinski definition) is 11. The fraction of sp³-hybridized carbons (Fsp3) is 0.476. The second-order valence-electron chi connectivity index (χ2n) is 15.8. The van der Waals surface area contributed by atoms with Crippen LogP contribution in [0.1, 0.15) is 37.2 Å². The first-order chi connectivity index (χ1) is 27.8. The van der Waals surface area contributed by atoms with Crippen molar-refractivity contribution < 1.29 is 35.1 Å². The highest BCUT2D eigenvalue weighted by molar-refractivity contribution is 7.88. The summed E-state index contributed by atoms with van der Waals surface area (Å²) in [7, 11) is -6.27. The molecule has 6 heterocycles. The summed E-state index contributed by atoms with van der Waals surface area (Å²) in [4.78, 5) is 27.1. The van der Waals surface area contributed by atoms with Crippen LogP contribution in [0, 0.1) is 23.7 Å². The lowest BCUT2D eigenvalue weighted by Gasteiger charge is -2.29. The molecule has 1 aromatic carbocycles. The van der Waals surface area contributed by atoms with Gasteiger partial charge in [-0.05, 0) is 60.1 Å². The Balaban J connectivity index is 0.000000177. The highest BCUT2D eigenvalue weighted by Crippen LogP contribution is 2.29. The van der Waals surface area contributed by atoms with E-state index in [4.69, 9.17) is 18.3 Å². The number of piperidine rings is 2. The summed E-state index contributed by atoms with van der Waals surface area (Å²) < 4.78 is 73.9. The molecule has 312 valence electrons. The van der Waals surface area contributed by atoms with Gasteiger partial charge in [0.1, 0.15) is 24.0 Å². The molecule has 0 spiro atoms. The zero-order valence-electron chi connectivity index (χ0n) is 33.0. The van der Waals surface area contributed by atoms with E-state index in [0.29, 0.717) is 75.8 Å². The molecule has 58 heavy (non-hydrogen) atoms.